The van der Waals surface area contributed by atoms with Gasteiger partial charge in [-0.05, 0) is 6.42 Å². The maximum atomic E-state index is 12.3. The number of nitrogens with one attached hydrogen (secondary N) is 1. The first-order valence-corrected chi connectivity index (χ1v) is 9.56. The lowest BCUT2D eigenvalue weighted by Gasteiger charge is -2.32. The first kappa shape index (κ1) is 18.4. The Balaban J connectivity index is 2.33. The summed E-state index contributed by atoms with van der Waals surface area (Å²) >= 11 is 0. The highest BCUT2D eigenvalue weighted by Crippen LogP contribution is 2.12. The second-order valence-corrected chi connectivity index (χ2v) is 7.85. The average Bonchev–Trinajstić information content (AvgIpc) is 2.42. The minimum absolute atomic E-state index is 0.157. The number of hydrogen-bond acceptors (Lipinski definition) is 4. The van der Waals surface area contributed by atoms with Crippen LogP contribution in [0, 0.1) is 0 Å². The number of carbonyl (C=O) groups excluding carboxylic acids is 1. The smallest absolute Gasteiger partial charge is 0.219 e. The highest BCUT2D eigenvalue weighted by molar-refractivity contribution is 7.89. The van der Waals surface area contributed by atoms with Crippen LogP contribution in [0.2, 0.25) is 0 Å². The number of nitrogens with two attached hydrogens (primary N) is 1. The molecule has 0 spiro atoms. The van der Waals surface area contributed by atoms with Crippen molar-refractivity contribution >= 4 is 15.9 Å². The molecule has 1 aliphatic heterocycles. The van der Waals surface area contributed by atoms with E-state index in [0.29, 0.717) is 19.6 Å². The van der Waals surface area contributed by atoms with Gasteiger partial charge in [-0.25, -0.2) is 8.42 Å². The van der Waals surface area contributed by atoms with E-state index in [1.165, 1.54) is 23.6 Å². The van der Waals surface area contributed by atoms with Gasteiger partial charge in [0.25, 0.3) is 0 Å². The minimum Gasteiger partial charge on any atom is -0.370 e. The fourth-order valence-electron chi connectivity index (χ4n) is 2.62. The summed E-state index contributed by atoms with van der Waals surface area (Å²) in [6, 6.07) is -0.157. The van der Waals surface area contributed by atoms with E-state index in [-0.39, 0.29) is 18.2 Å². The molecule has 1 amide bonds. The van der Waals surface area contributed by atoms with Crippen LogP contribution in [0.1, 0.15) is 51.9 Å². The lowest BCUT2D eigenvalue weighted by Crippen LogP contribution is -2.54. The van der Waals surface area contributed by atoms with Crippen LogP contribution in [0.3, 0.4) is 0 Å². The molecule has 1 fully saturated rings. The largest absolute Gasteiger partial charge is 0.370 e. The van der Waals surface area contributed by atoms with Crippen LogP contribution in [-0.2, 0) is 14.8 Å². The third-order valence-electron chi connectivity index (χ3n) is 3.82. The monoisotopic (exact) mass is 319 g/mol. The van der Waals surface area contributed by atoms with E-state index in [4.69, 9.17) is 5.73 Å². The van der Waals surface area contributed by atoms with Crippen LogP contribution >= 0.6 is 0 Å². The summed E-state index contributed by atoms with van der Waals surface area (Å²) in [6.07, 6.45) is 6.58. The van der Waals surface area contributed by atoms with Gasteiger partial charge in [-0.3, -0.25) is 4.79 Å². The molecule has 7 heteroatoms. The summed E-state index contributed by atoms with van der Waals surface area (Å²) in [6.45, 7) is 3.57. The van der Waals surface area contributed by atoms with E-state index in [1.54, 1.807) is 0 Å². The lowest BCUT2D eigenvalue weighted by atomic mass is 10.1. The maximum absolute atomic E-state index is 12.3. The Bertz CT molecular complexity index is 412. The number of unbranched alkanes of at least 4 members (excludes halogenated alkanes) is 5. The third kappa shape index (κ3) is 7.24. The van der Waals surface area contributed by atoms with Crippen molar-refractivity contribution in [3.63, 3.8) is 0 Å². The van der Waals surface area contributed by atoms with E-state index in [0.717, 1.165) is 19.3 Å². The van der Waals surface area contributed by atoms with Crippen LogP contribution in [0.15, 0.2) is 0 Å². The molecule has 0 radical (unpaired) electrons. The predicted molar refractivity (Wildman–Crippen MR) is 84.3 cm³/mol. The van der Waals surface area contributed by atoms with Crippen molar-refractivity contribution in [1.82, 2.24) is 9.62 Å². The van der Waals surface area contributed by atoms with Gasteiger partial charge in [-0.15, -0.1) is 0 Å². The van der Waals surface area contributed by atoms with E-state index in [2.05, 4.69) is 12.2 Å². The van der Waals surface area contributed by atoms with E-state index in [9.17, 15) is 13.2 Å². The summed E-state index contributed by atoms with van der Waals surface area (Å²) in [5.41, 5.74) is 5.17. The quantitative estimate of drug-likeness (QED) is 0.583. The van der Waals surface area contributed by atoms with Gasteiger partial charge in [0.1, 0.15) is 0 Å². The molecular weight excluding hydrogens is 290 g/mol. The van der Waals surface area contributed by atoms with Gasteiger partial charge in [0.2, 0.25) is 15.9 Å². The minimum atomic E-state index is -3.20. The molecule has 1 heterocycles. The number of piperazine rings is 1. The summed E-state index contributed by atoms with van der Waals surface area (Å²) in [5.74, 6) is -0.190. The highest BCUT2D eigenvalue weighted by Gasteiger charge is 2.28. The Hall–Kier alpha value is -0.660. The fourth-order valence-corrected chi connectivity index (χ4v) is 4.22. The Morgan fingerprint density at radius 1 is 1.24 bits per heavy atom. The van der Waals surface area contributed by atoms with Crippen LogP contribution in [0.25, 0.3) is 0 Å². The first-order chi connectivity index (χ1) is 9.95. The third-order valence-corrected chi connectivity index (χ3v) is 5.74. The number of hydrogen-bond donors (Lipinski definition) is 2. The molecule has 0 aromatic heterocycles. The number of sulfonamides is 1. The molecule has 6 nitrogen and oxygen atoms in total. The molecule has 0 saturated carbocycles. The molecule has 1 unspecified atom stereocenters. The zero-order valence-corrected chi connectivity index (χ0v) is 13.8. The molecule has 0 aliphatic carbocycles. The number of carbonyl (C=O) groups is 1. The van der Waals surface area contributed by atoms with Crippen molar-refractivity contribution in [2.45, 2.75) is 57.9 Å². The number of nitrogens with zero attached hydrogens (tertiary/aromatic N) is 1. The second-order valence-electron chi connectivity index (χ2n) is 5.76. The van der Waals surface area contributed by atoms with Crippen molar-refractivity contribution < 1.29 is 13.2 Å². The standard InChI is InChI=1S/C14H29N3O3S/c1-2-3-4-5-6-7-10-21(19,20)17-9-8-16-13(12-17)11-14(15)18/h13,16H,2-12H2,1H3,(H2,15,18). The average molecular weight is 319 g/mol. The van der Waals surface area contributed by atoms with Gasteiger partial charge < -0.3 is 11.1 Å². The van der Waals surface area contributed by atoms with Gasteiger partial charge in [-0.2, -0.15) is 4.31 Å². The van der Waals surface area contributed by atoms with Crippen LogP contribution in [0.5, 0.6) is 0 Å². The van der Waals surface area contributed by atoms with Crippen molar-refractivity contribution in [1.29, 1.82) is 0 Å². The number of amides is 1. The molecular formula is C14H29N3O3S. The van der Waals surface area contributed by atoms with Crippen LogP contribution in [-0.4, -0.2) is 50.1 Å². The summed E-state index contributed by atoms with van der Waals surface area (Å²) in [5, 5.41) is 3.14. The Morgan fingerprint density at radius 3 is 2.57 bits per heavy atom. The van der Waals surface area contributed by atoms with E-state index < -0.39 is 15.9 Å². The summed E-state index contributed by atoms with van der Waals surface area (Å²) in [7, 11) is -3.20. The molecule has 21 heavy (non-hydrogen) atoms. The Kier molecular flexibility index (Phi) is 8.21. The van der Waals surface area contributed by atoms with E-state index in [1.807, 2.05) is 0 Å². The lowest BCUT2D eigenvalue weighted by molar-refractivity contribution is -0.118. The van der Waals surface area contributed by atoms with Gasteiger partial charge in [0.15, 0.2) is 0 Å². The van der Waals surface area contributed by atoms with E-state index >= 15 is 0 Å². The molecule has 3 N–H and O–H groups in total. The molecule has 0 bridgehead atoms. The summed E-state index contributed by atoms with van der Waals surface area (Å²) < 4.78 is 26.1. The Labute approximate surface area is 128 Å². The normalized spacial score (nSPS) is 20.5. The number of primary amides is 1. The predicted octanol–water partition coefficient (Wildman–Crippen LogP) is 0.826. The molecule has 1 saturated heterocycles. The molecule has 124 valence electrons. The van der Waals surface area contributed by atoms with Gasteiger partial charge in [0, 0.05) is 32.1 Å². The zero-order valence-electron chi connectivity index (χ0n) is 13.0. The first-order valence-electron chi connectivity index (χ1n) is 7.95. The zero-order chi connectivity index (χ0) is 15.7. The molecule has 1 atom stereocenters. The topological polar surface area (TPSA) is 92.5 Å². The summed E-state index contributed by atoms with van der Waals surface area (Å²) in [4.78, 5) is 10.9. The number of rotatable bonds is 10. The van der Waals surface area contributed by atoms with Gasteiger partial charge >= 0.3 is 0 Å². The van der Waals surface area contributed by atoms with Crippen molar-refractivity contribution in [3.8, 4) is 0 Å². The molecule has 1 aliphatic rings. The second kappa shape index (κ2) is 9.38. The van der Waals surface area contributed by atoms with Crippen LogP contribution in [0.4, 0.5) is 0 Å². The maximum Gasteiger partial charge on any atom is 0.219 e. The van der Waals surface area contributed by atoms with Gasteiger partial charge in [-0.1, -0.05) is 39.0 Å². The van der Waals surface area contributed by atoms with Gasteiger partial charge in [0.05, 0.1) is 5.75 Å². The van der Waals surface area contributed by atoms with Crippen molar-refractivity contribution in [2.24, 2.45) is 5.73 Å². The molecule has 0 aromatic carbocycles. The molecule has 0 aromatic rings. The molecule has 1 rings (SSSR count). The highest BCUT2D eigenvalue weighted by atomic mass is 32.2. The van der Waals surface area contributed by atoms with Crippen molar-refractivity contribution in [3.05, 3.63) is 0 Å². The van der Waals surface area contributed by atoms with Crippen LogP contribution < -0.4 is 11.1 Å². The Morgan fingerprint density at radius 2 is 1.90 bits per heavy atom. The van der Waals surface area contributed by atoms with Crippen molar-refractivity contribution in [2.75, 3.05) is 25.4 Å². The SMILES string of the molecule is CCCCCCCCS(=O)(=O)N1CCNC(CC(N)=O)C1. The fraction of sp³-hybridized carbons (Fsp3) is 0.929.